The Morgan fingerprint density at radius 1 is 1.43 bits per heavy atom. The predicted octanol–water partition coefficient (Wildman–Crippen LogP) is 1.13. The van der Waals surface area contributed by atoms with Crippen LogP contribution in [0.3, 0.4) is 0 Å². The first-order chi connectivity index (χ1) is 9.87. The smallest absolute Gasteiger partial charge is 0.346 e. The summed E-state index contributed by atoms with van der Waals surface area (Å²) in [6.07, 6.45) is 2.05. The number of carboxylic acids is 1. The Bertz CT molecular complexity index is 660. The molecule has 3 fully saturated rings. The van der Waals surface area contributed by atoms with E-state index in [1.807, 2.05) is 0 Å². The summed E-state index contributed by atoms with van der Waals surface area (Å²) >= 11 is 0.820. The van der Waals surface area contributed by atoms with Gasteiger partial charge in [0.05, 0.1) is 0 Å². The molecule has 0 aromatic carbocycles. The Morgan fingerprint density at radius 3 is 2.57 bits per heavy atom. The normalized spacial score (nSPS) is 28.7. The van der Waals surface area contributed by atoms with Gasteiger partial charge >= 0.3 is 5.97 Å². The largest absolute Gasteiger partial charge is 0.477 e. The summed E-state index contributed by atoms with van der Waals surface area (Å²) in [5.41, 5.74) is 0.488. The van der Waals surface area contributed by atoms with Crippen molar-refractivity contribution in [3.63, 3.8) is 0 Å². The van der Waals surface area contributed by atoms with Gasteiger partial charge in [0.1, 0.15) is 9.09 Å². The molecule has 4 heterocycles. The second-order valence-corrected chi connectivity index (χ2v) is 8.74. The maximum Gasteiger partial charge on any atom is 0.346 e. The van der Waals surface area contributed by atoms with Gasteiger partial charge in [-0.2, -0.15) is 0 Å². The Hall–Kier alpha value is -0.960. The summed E-state index contributed by atoms with van der Waals surface area (Å²) in [7, 11) is -3.64. The SMILES string of the molecule is Cc1cc(S(=O)(=O)NC2CN3CCC2CC3)sc1C(=O)O. The van der Waals surface area contributed by atoms with Crippen molar-refractivity contribution in [2.24, 2.45) is 5.92 Å². The van der Waals surface area contributed by atoms with Crippen molar-refractivity contribution in [2.45, 2.75) is 30.0 Å². The van der Waals surface area contributed by atoms with E-state index in [4.69, 9.17) is 5.11 Å². The summed E-state index contributed by atoms with van der Waals surface area (Å²) in [6.45, 7) is 4.46. The quantitative estimate of drug-likeness (QED) is 0.864. The number of rotatable bonds is 4. The average Bonchev–Trinajstić information content (AvgIpc) is 2.83. The zero-order chi connectivity index (χ0) is 15.2. The van der Waals surface area contributed by atoms with Gasteiger partial charge in [-0.15, -0.1) is 11.3 Å². The lowest BCUT2D eigenvalue weighted by Gasteiger charge is -2.44. The van der Waals surface area contributed by atoms with Crippen molar-refractivity contribution >= 4 is 27.3 Å². The van der Waals surface area contributed by atoms with E-state index in [1.165, 1.54) is 6.07 Å². The number of aromatic carboxylic acids is 1. The topological polar surface area (TPSA) is 86.7 Å². The molecule has 2 N–H and O–H groups in total. The first-order valence-electron chi connectivity index (χ1n) is 6.95. The summed E-state index contributed by atoms with van der Waals surface area (Å²) in [6, 6.07) is 1.38. The number of nitrogens with one attached hydrogen (secondary N) is 1. The van der Waals surface area contributed by atoms with Crippen LogP contribution in [-0.4, -0.2) is 50.1 Å². The molecule has 0 aliphatic carbocycles. The van der Waals surface area contributed by atoms with Gasteiger partial charge in [0.2, 0.25) is 10.0 Å². The van der Waals surface area contributed by atoms with E-state index in [0.29, 0.717) is 11.5 Å². The van der Waals surface area contributed by atoms with E-state index < -0.39 is 16.0 Å². The van der Waals surface area contributed by atoms with Crippen LogP contribution < -0.4 is 4.72 Å². The number of piperidine rings is 3. The van der Waals surface area contributed by atoms with Crippen LogP contribution in [0.25, 0.3) is 0 Å². The molecule has 1 atom stereocenters. The number of carbonyl (C=O) groups is 1. The molecule has 116 valence electrons. The molecule has 1 aromatic rings. The minimum absolute atomic E-state index is 0.0619. The lowest BCUT2D eigenvalue weighted by atomic mass is 9.85. The Labute approximate surface area is 127 Å². The molecule has 3 saturated heterocycles. The fourth-order valence-corrected chi connectivity index (χ4v) is 5.84. The summed E-state index contributed by atoms with van der Waals surface area (Å²) in [5, 5.41) is 9.04. The maximum atomic E-state index is 12.5. The van der Waals surface area contributed by atoms with Gasteiger partial charge in [-0.3, -0.25) is 0 Å². The van der Waals surface area contributed by atoms with Crippen molar-refractivity contribution in [3.8, 4) is 0 Å². The van der Waals surface area contributed by atoms with Gasteiger partial charge < -0.3 is 10.0 Å². The monoisotopic (exact) mass is 330 g/mol. The molecule has 3 aliphatic rings. The van der Waals surface area contributed by atoms with Crippen LogP contribution in [0, 0.1) is 12.8 Å². The first kappa shape index (κ1) is 15.0. The molecule has 21 heavy (non-hydrogen) atoms. The number of carboxylic acid groups (broad SMARTS) is 1. The molecule has 0 radical (unpaired) electrons. The van der Waals surface area contributed by atoms with Crippen LogP contribution >= 0.6 is 11.3 Å². The van der Waals surface area contributed by atoms with Crippen molar-refractivity contribution in [2.75, 3.05) is 19.6 Å². The number of thiophene rings is 1. The van der Waals surface area contributed by atoms with E-state index >= 15 is 0 Å². The van der Waals surface area contributed by atoms with Crippen molar-refractivity contribution in [1.82, 2.24) is 9.62 Å². The highest BCUT2D eigenvalue weighted by molar-refractivity contribution is 7.91. The molecule has 6 nitrogen and oxygen atoms in total. The van der Waals surface area contributed by atoms with Gasteiger partial charge in [-0.05, 0) is 50.4 Å². The first-order valence-corrected chi connectivity index (χ1v) is 9.25. The van der Waals surface area contributed by atoms with Gasteiger partial charge in [0.25, 0.3) is 0 Å². The fourth-order valence-electron chi connectivity index (χ4n) is 3.15. The zero-order valence-electron chi connectivity index (χ0n) is 11.7. The van der Waals surface area contributed by atoms with Crippen LogP contribution in [0.4, 0.5) is 0 Å². The minimum Gasteiger partial charge on any atom is -0.477 e. The van der Waals surface area contributed by atoms with Crippen LogP contribution in [0.5, 0.6) is 0 Å². The summed E-state index contributed by atoms with van der Waals surface area (Å²) < 4.78 is 27.8. The highest BCUT2D eigenvalue weighted by Gasteiger charge is 2.37. The Balaban J connectivity index is 1.81. The molecule has 0 spiro atoms. The highest BCUT2D eigenvalue weighted by Crippen LogP contribution is 2.30. The lowest BCUT2D eigenvalue weighted by Crippen LogP contribution is -2.57. The van der Waals surface area contributed by atoms with Crippen molar-refractivity contribution < 1.29 is 18.3 Å². The minimum atomic E-state index is -3.64. The molecule has 1 aromatic heterocycles. The number of sulfonamides is 1. The van der Waals surface area contributed by atoms with Crippen molar-refractivity contribution in [3.05, 3.63) is 16.5 Å². The van der Waals surface area contributed by atoms with Gasteiger partial charge in [0, 0.05) is 12.6 Å². The van der Waals surface area contributed by atoms with E-state index in [0.717, 1.165) is 43.8 Å². The van der Waals surface area contributed by atoms with Crippen LogP contribution in [0.15, 0.2) is 10.3 Å². The van der Waals surface area contributed by atoms with E-state index in [2.05, 4.69) is 9.62 Å². The third-order valence-corrected chi connectivity index (χ3v) is 7.51. The number of nitrogens with zero attached hydrogens (tertiary/aromatic N) is 1. The van der Waals surface area contributed by atoms with E-state index in [-0.39, 0.29) is 15.1 Å². The number of fused-ring (bicyclic) bond motifs is 3. The summed E-state index contributed by atoms with van der Waals surface area (Å²) in [5.74, 6) is -0.688. The number of aryl methyl sites for hydroxylation is 1. The third kappa shape index (κ3) is 2.85. The molecule has 3 aliphatic heterocycles. The Morgan fingerprint density at radius 2 is 2.10 bits per heavy atom. The lowest BCUT2D eigenvalue weighted by molar-refractivity contribution is 0.0701. The van der Waals surface area contributed by atoms with Crippen molar-refractivity contribution in [1.29, 1.82) is 0 Å². The second kappa shape index (κ2) is 5.35. The molecule has 2 bridgehead atoms. The predicted molar refractivity (Wildman–Crippen MR) is 79.3 cm³/mol. The van der Waals surface area contributed by atoms with Crippen LogP contribution in [0.1, 0.15) is 28.1 Å². The van der Waals surface area contributed by atoms with Gasteiger partial charge in [-0.25, -0.2) is 17.9 Å². The molecular formula is C13H18N2O4S2. The molecular weight excluding hydrogens is 312 g/mol. The Kier molecular flexibility index (Phi) is 3.81. The molecule has 0 amide bonds. The van der Waals surface area contributed by atoms with Crippen LogP contribution in [-0.2, 0) is 10.0 Å². The molecule has 4 rings (SSSR count). The molecule has 8 heteroatoms. The second-order valence-electron chi connectivity index (χ2n) is 5.75. The number of hydrogen-bond acceptors (Lipinski definition) is 5. The standard InChI is InChI=1S/C13H18N2O4S2/c1-8-6-11(20-12(8)13(16)17)21(18,19)14-10-7-15-4-2-9(10)3-5-15/h6,9-10,14H,2-5,7H2,1H3,(H,16,17). The average molecular weight is 330 g/mol. The van der Waals surface area contributed by atoms with Crippen LogP contribution in [0.2, 0.25) is 0 Å². The molecule has 1 unspecified atom stereocenters. The summed E-state index contributed by atoms with van der Waals surface area (Å²) in [4.78, 5) is 13.4. The zero-order valence-corrected chi connectivity index (χ0v) is 13.3. The third-order valence-electron chi connectivity index (χ3n) is 4.32. The molecule has 0 saturated carbocycles. The fraction of sp³-hybridized carbons (Fsp3) is 0.615. The van der Waals surface area contributed by atoms with E-state index in [9.17, 15) is 13.2 Å². The van der Waals surface area contributed by atoms with Gasteiger partial charge in [-0.1, -0.05) is 0 Å². The highest BCUT2D eigenvalue weighted by atomic mass is 32.2. The van der Waals surface area contributed by atoms with E-state index in [1.54, 1.807) is 6.92 Å². The number of hydrogen-bond donors (Lipinski definition) is 2. The maximum absolute atomic E-state index is 12.5. The van der Waals surface area contributed by atoms with Gasteiger partial charge in [0.15, 0.2) is 0 Å².